The van der Waals surface area contributed by atoms with Crippen LogP contribution in [0.15, 0.2) is 36.7 Å². The number of rotatable bonds is 8. The number of benzene rings is 1. The lowest BCUT2D eigenvalue weighted by atomic mass is 9.93. The molecule has 2 aromatic heterocycles. The first-order valence-corrected chi connectivity index (χ1v) is 13.6. The fraction of sp³-hybridized carbons (Fsp3) is 0.542. The van der Waals surface area contributed by atoms with E-state index in [2.05, 4.69) is 24.6 Å². The van der Waals surface area contributed by atoms with Crippen LogP contribution in [0.2, 0.25) is 0 Å². The van der Waals surface area contributed by atoms with Gasteiger partial charge >= 0.3 is 0 Å². The minimum absolute atomic E-state index is 0.114. The standard InChI is InChI=1S/C24H31N7O2S/c32-14-15-34(33)27-18-4-5-22(23(16-18)29-12-9-24(7-8-24)10-13-29)31-17-21(25-28-31)20-6-11-30(26-20)19-2-1-3-19/h4-6,11,16-17,19,27,32H,1-3,7-10,12-15H2. The summed E-state index contributed by atoms with van der Waals surface area (Å²) in [6.07, 6.45) is 12.8. The lowest BCUT2D eigenvalue weighted by Gasteiger charge is -2.35. The Bertz CT molecular complexity index is 1190. The van der Waals surface area contributed by atoms with Crippen LogP contribution in [-0.2, 0) is 11.0 Å². The van der Waals surface area contributed by atoms with Crippen molar-refractivity contribution in [2.24, 2.45) is 5.41 Å². The second-order valence-corrected chi connectivity index (χ2v) is 11.2. The molecule has 1 aromatic carbocycles. The van der Waals surface area contributed by atoms with E-state index in [0.29, 0.717) is 11.5 Å². The molecule has 1 unspecified atom stereocenters. The summed E-state index contributed by atoms with van der Waals surface area (Å²) in [6, 6.07) is 8.48. The normalized spacial score (nSPS) is 20.3. The number of hydrogen-bond donors (Lipinski definition) is 2. The number of anilines is 2. The van der Waals surface area contributed by atoms with Crippen molar-refractivity contribution < 1.29 is 9.32 Å². The quantitative estimate of drug-likeness (QED) is 0.512. The Labute approximate surface area is 201 Å². The second kappa shape index (κ2) is 8.81. The van der Waals surface area contributed by atoms with Crippen LogP contribution < -0.4 is 9.62 Å². The molecule has 1 aliphatic heterocycles. The van der Waals surface area contributed by atoms with Crippen LogP contribution in [0.1, 0.15) is 51.0 Å². The number of aromatic nitrogens is 5. The summed E-state index contributed by atoms with van der Waals surface area (Å²) in [5.41, 5.74) is 4.95. The van der Waals surface area contributed by atoms with E-state index in [-0.39, 0.29) is 12.4 Å². The zero-order valence-electron chi connectivity index (χ0n) is 19.3. The molecule has 1 saturated heterocycles. The highest BCUT2D eigenvalue weighted by atomic mass is 32.2. The van der Waals surface area contributed by atoms with E-state index in [1.807, 2.05) is 41.3 Å². The summed E-state index contributed by atoms with van der Waals surface area (Å²) in [5.74, 6) is 0.198. The smallest absolute Gasteiger partial charge is 0.133 e. The molecule has 0 bridgehead atoms. The van der Waals surface area contributed by atoms with E-state index in [1.165, 1.54) is 44.9 Å². The van der Waals surface area contributed by atoms with Gasteiger partial charge in [-0.15, -0.1) is 5.10 Å². The third-order valence-electron chi connectivity index (χ3n) is 7.67. The minimum atomic E-state index is -1.32. The first-order chi connectivity index (χ1) is 16.6. The third kappa shape index (κ3) is 4.24. The Balaban J connectivity index is 1.29. The first kappa shape index (κ1) is 21.8. The molecule has 9 nitrogen and oxygen atoms in total. The molecule has 10 heteroatoms. The summed E-state index contributed by atoms with van der Waals surface area (Å²) in [7, 11) is -1.32. The lowest BCUT2D eigenvalue weighted by Crippen LogP contribution is -2.35. The van der Waals surface area contributed by atoms with E-state index in [9.17, 15) is 4.21 Å². The van der Waals surface area contributed by atoms with Gasteiger partial charge in [0, 0.05) is 25.0 Å². The predicted octanol–water partition coefficient (Wildman–Crippen LogP) is 3.30. The highest BCUT2D eigenvalue weighted by molar-refractivity contribution is 7.86. The van der Waals surface area contributed by atoms with Gasteiger partial charge < -0.3 is 14.7 Å². The van der Waals surface area contributed by atoms with Crippen LogP contribution >= 0.6 is 0 Å². The Morgan fingerprint density at radius 1 is 1.09 bits per heavy atom. The van der Waals surface area contributed by atoms with Gasteiger partial charge in [0.25, 0.3) is 0 Å². The molecule has 34 heavy (non-hydrogen) atoms. The van der Waals surface area contributed by atoms with Crippen LogP contribution in [0.3, 0.4) is 0 Å². The van der Waals surface area contributed by atoms with Crippen LogP contribution in [0.5, 0.6) is 0 Å². The van der Waals surface area contributed by atoms with Crippen molar-refractivity contribution in [2.45, 2.75) is 51.0 Å². The molecule has 6 rings (SSSR count). The zero-order chi connectivity index (χ0) is 23.1. The Morgan fingerprint density at radius 2 is 1.91 bits per heavy atom. The average molecular weight is 482 g/mol. The van der Waals surface area contributed by atoms with Crippen LogP contribution in [0.25, 0.3) is 17.1 Å². The molecule has 180 valence electrons. The van der Waals surface area contributed by atoms with Crippen LogP contribution in [0.4, 0.5) is 11.4 Å². The number of nitrogens with zero attached hydrogens (tertiary/aromatic N) is 6. The van der Waals surface area contributed by atoms with Crippen molar-refractivity contribution in [3.05, 3.63) is 36.7 Å². The second-order valence-electron chi connectivity index (χ2n) is 9.88. The molecule has 0 amide bonds. The van der Waals surface area contributed by atoms with Gasteiger partial charge in [0.1, 0.15) is 22.4 Å². The highest BCUT2D eigenvalue weighted by Gasteiger charge is 2.44. The molecular weight excluding hydrogens is 450 g/mol. The van der Waals surface area contributed by atoms with E-state index < -0.39 is 11.0 Å². The number of aliphatic hydroxyl groups excluding tert-OH is 1. The highest BCUT2D eigenvalue weighted by Crippen LogP contribution is 2.54. The Hall–Kier alpha value is -2.72. The monoisotopic (exact) mass is 481 g/mol. The van der Waals surface area contributed by atoms with Gasteiger partial charge in [-0.25, -0.2) is 8.89 Å². The zero-order valence-corrected chi connectivity index (χ0v) is 20.1. The van der Waals surface area contributed by atoms with Crippen molar-refractivity contribution in [3.63, 3.8) is 0 Å². The van der Waals surface area contributed by atoms with Gasteiger partial charge in [-0.3, -0.25) is 4.68 Å². The number of aliphatic hydroxyl groups is 1. The first-order valence-electron chi connectivity index (χ1n) is 12.3. The van der Waals surface area contributed by atoms with Crippen molar-refractivity contribution >= 4 is 22.4 Å². The molecule has 0 radical (unpaired) electrons. The van der Waals surface area contributed by atoms with Gasteiger partial charge in [-0.1, -0.05) is 5.21 Å². The molecule has 2 N–H and O–H groups in total. The maximum atomic E-state index is 12.2. The van der Waals surface area contributed by atoms with E-state index in [0.717, 1.165) is 41.5 Å². The van der Waals surface area contributed by atoms with Crippen LogP contribution in [-0.4, -0.2) is 59.5 Å². The predicted molar refractivity (Wildman–Crippen MR) is 132 cm³/mol. The van der Waals surface area contributed by atoms with Crippen molar-refractivity contribution in [2.75, 3.05) is 35.1 Å². The summed E-state index contributed by atoms with van der Waals surface area (Å²) < 4.78 is 19.1. The molecule has 3 fully saturated rings. The maximum Gasteiger partial charge on any atom is 0.133 e. The number of hydrogen-bond acceptors (Lipinski definition) is 6. The largest absolute Gasteiger partial charge is 0.395 e. The molecule has 1 atom stereocenters. The molecule has 3 heterocycles. The van der Waals surface area contributed by atoms with E-state index in [4.69, 9.17) is 10.2 Å². The molecule has 3 aromatic rings. The number of piperidine rings is 1. The third-order valence-corrected chi connectivity index (χ3v) is 8.68. The summed E-state index contributed by atoms with van der Waals surface area (Å²) >= 11 is 0. The fourth-order valence-corrected chi connectivity index (χ4v) is 5.68. The van der Waals surface area contributed by atoms with E-state index >= 15 is 0 Å². The summed E-state index contributed by atoms with van der Waals surface area (Å²) in [5, 5.41) is 22.7. The summed E-state index contributed by atoms with van der Waals surface area (Å²) in [6.45, 7) is 1.89. The Morgan fingerprint density at radius 3 is 2.62 bits per heavy atom. The van der Waals surface area contributed by atoms with Gasteiger partial charge in [0.05, 0.1) is 36.0 Å². The average Bonchev–Trinajstić information content (AvgIpc) is 3.19. The molecule has 1 spiro atoms. The van der Waals surface area contributed by atoms with Gasteiger partial charge in [-0.2, -0.15) is 5.10 Å². The molecule has 3 aliphatic rings. The summed E-state index contributed by atoms with van der Waals surface area (Å²) in [4.78, 5) is 2.41. The number of nitrogens with one attached hydrogen (secondary N) is 1. The van der Waals surface area contributed by atoms with Crippen molar-refractivity contribution in [1.29, 1.82) is 0 Å². The lowest BCUT2D eigenvalue weighted by molar-refractivity contribution is 0.290. The Kier molecular flexibility index (Phi) is 5.65. The molecule has 2 saturated carbocycles. The van der Waals surface area contributed by atoms with Crippen LogP contribution in [0, 0.1) is 5.41 Å². The van der Waals surface area contributed by atoms with Crippen molar-refractivity contribution in [3.8, 4) is 17.1 Å². The van der Waals surface area contributed by atoms with E-state index in [1.54, 1.807) is 0 Å². The fourth-order valence-electron chi connectivity index (χ4n) is 5.03. The van der Waals surface area contributed by atoms with Gasteiger partial charge in [0.15, 0.2) is 0 Å². The van der Waals surface area contributed by atoms with Crippen molar-refractivity contribution in [1.82, 2.24) is 24.8 Å². The topological polar surface area (TPSA) is 101 Å². The SMILES string of the molecule is O=S(CCO)Nc1ccc(-n2cc(-c3ccn(C4CCC4)n3)nn2)c(N2CCC3(CC2)CC3)c1. The van der Waals surface area contributed by atoms with Gasteiger partial charge in [0.2, 0.25) is 0 Å². The van der Waals surface area contributed by atoms with Gasteiger partial charge in [-0.05, 0) is 74.6 Å². The molecular formula is C24H31N7O2S. The minimum Gasteiger partial charge on any atom is -0.395 e. The molecule has 2 aliphatic carbocycles. The maximum absolute atomic E-state index is 12.2.